The van der Waals surface area contributed by atoms with Gasteiger partial charge in [-0.1, -0.05) is 0 Å². The fraction of sp³-hybridized carbons (Fsp3) is 0.692. The van der Waals surface area contributed by atoms with E-state index in [9.17, 15) is 0 Å². The van der Waals surface area contributed by atoms with E-state index in [0.717, 1.165) is 43.3 Å². The highest BCUT2D eigenvalue weighted by atomic mass is 35.5. The molecule has 0 saturated heterocycles. The molecular formula is C13H22ClN3O2. The number of nitrogens with zero attached hydrogens (tertiary/aromatic N) is 3. The summed E-state index contributed by atoms with van der Waals surface area (Å²) in [4.78, 5) is 10.9. The number of anilines is 1. The first-order valence-corrected chi connectivity index (χ1v) is 6.87. The van der Waals surface area contributed by atoms with Crippen molar-refractivity contribution in [2.75, 3.05) is 45.4 Å². The number of aromatic nitrogens is 2. The number of aryl methyl sites for hydroxylation is 1. The van der Waals surface area contributed by atoms with Crippen LogP contribution in [0.5, 0.6) is 0 Å². The van der Waals surface area contributed by atoms with Gasteiger partial charge in [0.1, 0.15) is 11.6 Å². The minimum absolute atomic E-state index is 0.406. The first-order chi connectivity index (χ1) is 9.22. The predicted octanol–water partition coefficient (Wildman–Crippen LogP) is 2.01. The van der Waals surface area contributed by atoms with E-state index in [1.807, 2.05) is 6.92 Å². The van der Waals surface area contributed by atoms with Crippen molar-refractivity contribution in [1.82, 2.24) is 9.97 Å². The number of alkyl halides is 1. The van der Waals surface area contributed by atoms with Crippen LogP contribution in [0.2, 0.25) is 0 Å². The highest BCUT2D eigenvalue weighted by Crippen LogP contribution is 2.19. The zero-order chi connectivity index (χ0) is 14.1. The molecule has 0 spiro atoms. The van der Waals surface area contributed by atoms with Crippen molar-refractivity contribution in [3.8, 4) is 0 Å². The van der Waals surface area contributed by atoms with E-state index in [0.29, 0.717) is 12.5 Å². The molecule has 0 radical (unpaired) electrons. The molecule has 0 aromatic carbocycles. The van der Waals surface area contributed by atoms with E-state index in [2.05, 4.69) is 14.9 Å². The number of methoxy groups -OCH3 is 2. The average molecular weight is 288 g/mol. The van der Waals surface area contributed by atoms with Crippen LogP contribution in [0.15, 0.2) is 6.20 Å². The van der Waals surface area contributed by atoms with Gasteiger partial charge in [0, 0.05) is 45.7 Å². The van der Waals surface area contributed by atoms with Crippen LogP contribution < -0.4 is 4.90 Å². The second-order valence-corrected chi connectivity index (χ2v) is 4.49. The Morgan fingerprint density at radius 1 is 1.21 bits per heavy atom. The van der Waals surface area contributed by atoms with Crippen molar-refractivity contribution in [2.24, 2.45) is 0 Å². The second-order valence-electron chi connectivity index (χ2n) is 4.23. The Kier molecular flexibility index (Phi) is 7.70. The summed E-state index contributed by atoms with van der Waals surface area (Å²) in [6, 6.07) is 0. The maximum absolute atomic E-state index is 5.96. The Bertz CT molecular complexity index is 377. The molecule has 0 atom stereocenters. The van der Waals surface area contributed by atoms with E-state index < -0.39 is 0 Å². The summed E-state index contributed by atoms with van der Waals surface area (Å²) in [6.45, 7) is 4.89. The van der Waals surface area contributed by atoms with Crippen LogP contribution in [0.25, 0.3) is 0 Å². The molecule has 5 nitrogen and oxygen atoms in total. The lowest BCUT2D eigenvalue weighted by atomic mass is 10.3. The van der Waals surface area contributed by atoms with Crippen molar-refractivity contribution in [2.45, 2.75) is 19.2 Å². The number of hydrogen-bond acceptors (Lipinski definition) is 5. The van der Waals surface area contributed by atoms with Crippen LogP contribution in [0.1, 0.15) is 17.8 Å². The van der Waals surface area contributed by atoms with Gasteiger partial charge in [0.05, 0.1) is 12.5 Å². The summed E-state index contributed by atoms with van der Waals surface area (Å²) in [7, 11) is 3.40. The summed E-state index contributed by atoms with van der Waals surface area (Å²) >= 11 is 5.96. The van der Waals surface area contributed by atoms with E-state index in [4.69, 9.17) is 21.1 Å². The molecule has 1 aromatic heterocycles. The van der Waals surface area contributed by atoms with E-state index in [-0.39, 0.29) is 0 Å². The lowest BCUT2D eigenvalue weighted by molar-refractivity contribution is 0.191. The van der Waals surface area contributed by atoms with Crippen LogP contribution in [0.4, 0.5) is 5.82 Å². The predicted molar refractivity (Wildman–Crippen MR) is 76.9 cm³/mol. The molecule has 19 heavy (non-hydrogen) atoms. The maximum Gasteiger partial charge on any atom is 0.136 e. The summed E-state index contributed by atoms with van der Waals surface area (Å²) in [5.41, 5.74) is 0.945. The van der Waals surface area contributed by atoms with Gasteiger partial charge in [-0.25, -0.2) is 9.97 Å². The number of hydrogen-bond donors (Lipinski definition) is 0. The Morgan fingerprint density at radius 3 is 2.58 bits per heavy atom. The molecule has 6 heteroatoms. The van der Waals surface area contributed by atoms with E-state index >= 15 is 0 Å². The van der Waals surface area contributed by atoms with Crippen molar-refractivity contribution in [3.63, 3.8) is 0 Å². The van der Waals surface area contributed by atoms with Gasteiger partial charge in [0.25, 0.3) is 0 Å². The molecule has 1 heterocycles. The first-order valence-electron chi connectivity index (χ1n) is 6.34. The van der Waals surface area contributed by atoms with Gasteiger partial charge in [-0.2, -0.15) is 0 Å². The molecule has 1 aromatic rings. The molecule has 0 aliphatic rings. The standard InChI is InChI=1S/C13H22ClN3O2/c1-11-15-10-12(9-14)13(16-11)17(6-8-19-3)5-4-7-18-2/h10H,4-9H2,1-3H3. The highest BCUT2D eigenvalue weighted by molar-refractivity contribution is 6.17. The topological polar surface area (TPSA) is 47.5 Å². The zero-order valence-electron chi connectivity index (χ0n) is 11.9. The molecule has 108 valence electrons. The SMILES string of the molecule is COCCCN(CCOC)c1nc(C)ncc1CCl. The van der Waals surface area contributed by atoms with Crippen LogP contribution in [-0.2, 0) is 15.4 Å². The Labute approximate surface area is 119 Å². The molecule has 0 N–H and O–H groups in total. The van der Waals surface area contributed by atoms with Crippen molar-refractivity contribution >= 4 is 17.4 Å². The van der Waals surface area contributed by atoms with Crippen LogP contribution in [0.3, 0.4) is 0 Å². The van der Waals surface area contributed by atoms with Crippen LogP contribution in [0, 0.1) is 6.92 Å². The fourth-order valence-corrected chi connectivity index (χ4v) is 1.96. The van der Waals surface area contributed by atoms with Gasteiger partial charge in [-0.15, -0.1) is 11.6 Å². The van der Waals surface area contributed by atoms with Gasteiger partial charge in [0.2, 0.25) is 0 Å². The number of ether oxygens (including phenoxy) is 2. The van der Waals surface area contributed by atoms with Crippen LogP contribution in [-0.4, -0.2) is 50.5 Å². The maximum atomic E-state index is 5.96. The summed E-state index contributed by atoms with van der Waals surface area (Å²) < 4.78 is 10.3. The Balaban J connectivity index is 2.84. The monoisotopic (exact) mass is 287 g/mol. The van der Waals surface area contributed by atoms with E-state index in [1.54, 1.807) is 20.4 Å². The van der Waals surface area contributed by atoms with Crippen LogP contribution >= 0.6 is 11.6 Å². The molecular weight excluding hydrogens is 266 g/mol. The molecule has 0 aliphatic carbocycles. The summed E-state index contributed by atoms with van der Waals surface area (Å²) in [5, 5.41) is 0. The molecule has 0 fully saturated rings. The molecule has 0 aliphatic heterocycles. The minimum Gasteiger partial charge on any atom is -0.385 e. The number of halogens is 1. The quantitative estimate of drug-likeness (QED) is 0.514. The van der Waals surface area contributed by atoms with Crippen molar-refractivity contribution in [3.05, 3.63) is 17.6 Å². The second kappa shape index (κ2) is 9.07. The fourth-order valence-electron chi connectivity index (χ4n) is 1.78. The number of rotatable bonds is 9. The average Bonchev–Trinajstić information content (AvgIpc) is 2.42. The Hall–Kier alpha value is -0.910. The van der Waals surface area contributed by atoms with Gasteiger partial charge in [0.15, 0.2) is 0 Å². The lowest BCUT2D eigenvalue weighted by Crippen LogP contribution is -2.31. The highest BCUT2D eigenvalue weighted by Gasteiger charge is 2.13. The Morgan fingerprint density at radius 2 is 1.95 bits per heavy atom. The van der Waals surface area contributed by atoms with Gasteiger partial charge < -0.3 is 14.4 Å². The lowest BCUT2D eigenvalue weighted by Gasteiger charge is -2.25. The van der Waals surface area contributed by atoms with Crippen molar-refractivity contribution in [1.29, 1.82) is 0 Å². The molecule has 0 unspecified atom stereocenters. The van der Waals surface area contributed by atoms with E-state index in [1.165, 1.54) is 0 Å². The minimum atomic E-state index is 0.406. The molecule has 1 rings (SSSR count). The third-order valence-corrected chi connectivity index (χ3v) is 3.04. The summed E-state index contributed by atoms with van der Waals surface area (Å²) in [6.07, 6.45) is 2.73. The third-order valence-electron chi connectivity index (χ3n) is 2.75. The van der Waals surface area contributed by atoms with Crippen molar-refractivity contribution < 1.29 is 9.47 Å². The molecule has 0 bridgehead atoms. The smallest absolute Gasteiger partial charge is 0.136 e. The molecule has 0 amide bonds. The zero-order valence-corrected chi connectivity index (χ0v) is 12.6. The third kappa shape index (κ3) is 5.30. The largest absolute Gasteiger partial charge is 0.385 e. The first kappa shape index (κ1) is 16.1. The van der Waals surface area contributed by atoms with Gasteiger partial charge in [-0.3, -0.25) is 0 Å². The molecule has 0 saturated carbocycles. The van der Waals surface area contributed by atoms with Gasteiger partial charge in [-0.05, 0) is 13.3 Å². The van der Waals surface area contributed by atoms with Gasteiger partial charge >= 0.3 is 0 Å². The normalized spacial score (nSPS) is 10.7. The summed E-state index contributed by atoms with van der Waals surface area (Å²) in [5.74, 6) is 2.05.